The second-order valence-corrected chi connectivity index (χ2v) is 5.31. The summed E-state index contributed by atoms with van der Waals surface area (Å²) in [6.07, 6.45) is 1.88. The predicted molar refractivity (Wildman–Crippen MR) is 75.8 cm³/mol. The number of fused-ring (bicyclic) bond motifs is 1. The topological polar surface area (TPSA) is 89.6 Å². The van der Waals surface area contributed by atoms with Gasteiger partial charge in [-0.2, -0.15) is 0 Å². The van der Waals surface area contributed by atoms with Crippen LogP contribution in [0.15, 0.2) is 23.0 Å². The number of benzene rings is 1. The summed E-state index contributed by atoms with van der Waals surface area (Å²) in [6.45, 7) is 2.09. The SMILES string of the molecule is CCCc1nnc(-n2c(=O)[nH]c3cc(N)ccc32)s1. The van der Waals surface area contributed by atoms with Gasteiger partial charge in [-0.05, 0) is 24.6 Å². The molecule has 7 heteroatoms. The Hall–Kier alpha value is -2.15. The highest BCUT2D eigenvalue weighted by Gasteiger charge is 2.13. The van der Waals surface area contributed by atoms with E-state index in [-0.39, 0.29) is 5.69 Å². The first kappa shape index (κ1) is 11.9. The number of aryl methyl sites for hydroxylation is 1. The van der Waals surface area contributed by atoms with Crippen molar-refractivity contribution in [3.8, 4) is 5.13 Å². The molecule has 0 aliphatic carbocycles. The van der Waals surface area contributed by atoms with Crippen LogP contribution in [0.3, 0.4) is 0 Å². The van der Waals surface area contributed by atoms with E-state index in [9.17, 15) is 4.79 Å². The third-order valence-electron chi connectivity index (χ3n) is 2.82. The molecule has 1 aromatic carbocycles. The highest BCUT2D eigenvalue weighted by molar-refractivity contribution is 7.13. The predicted octanol–water partition coefficient (Wildman–Crippen LogP) is 1.70. The van der Waals surface area contributed by atoms with E-state index < -0.39 is 0 Å². The number of H-pyrrole nitrogens is 1. The van der Waals surface area contributed by atoms with Gasteiger partial charge in [-0.25, -0.2) is 9.36 Å². The summed E-state index contributed by atoms with van der Waals surface area (Å²) in [5.74, 6) is 0. The van der Waals surface area contributed by atoms with E-state index >= 15 is 0 Å². The van der Waals surface area contributed by atoms with Crippen molar-refractivity contribution in [1.82, 2.24) is 19.7 Å². The number of nitrogens with zero attached hydrogens (tertiary/aromatic N) is 3. The minimum atomic E-state index is -0.222. The maximum absolute atomic E-state index is 12.0. The Morgan fingerprint density at radius 3 is 3.05 bits per heavy atom. The molecule has 6 nitrogen and oxygen atoms in total. The van der Waals surface area contributed by atoms with Crippen LogP contribution in [0, 0.1) is 0 Å². The Kier molecular flexibility index (Phi) is 2.83. The highest BCUT2D eigenvalue weighted by Crippen LogP contribution is 2.20. The molecule has 0 aliphatic heterocycles. The van der Waals surface area contributed by atoms with Crippen molar-refractivity contribution in [2.45, 2.75) is 19.8 Å². The maximum Gasteiger partial charge on any atom is 0.332 e. The van der Waals surface area contributed by atoms with E-state index in [2.05, 4.69) is 22.1 Å². The van der Waals surface area contributed by atoms with Crippen LogP contribution in [0.1, 0.15) is 18.4 Å². The molecule has 0 fully saturated rings. The Balaban J connectivity index is 2.18. The van der Waals surface area contributed by atoms with Gasteiger partial charge in [0, 0.05) is 12.1 Å². The normalized spacial score (nSPS) is 11.2. The van der Waals surface area contributed by atoms with E-state index in [1.807, 2.05) is 6.07 Å². The van der Waals surface area contributed by atoms with Crippen LogP contribution in [0.5, 0.6) is 0 Å². The summed E-state index contributed by atoms with van der Waals surface area (Å²) in [5, 5.41) is 9.72. The third-order valence-corrected chi connectivity index (χ3v) is 3.79. The van der Waals surface area contributed by atoms with E-state index in [0.717, 1.165) is 23.4 Å². The first-order chi connectivity index (χ1) is 9.19. The van der Waals surface area contributed by atoms with Gasteiger partial charge in [0.1, 0.15) is 5.01 Å². The largest absolute Gasteiger partial charge is 0.399 e. The third kappa shape index (κ3) is 2.01. The summed E-state index contributed by atoms with van der Waals surface area (Å²) in [7, 11) is 0. The fraction of sp³-hybridized carbons (Fsp3) is 0.250. The summed E-state index contributed by atoms with van der Waals surface area (Å²) >= 11 is 1.44. The van der Waals surface area contributed by atoms with Crippen LogP contribution in [0.25, 0.3) is 16.2 Å². The molecule has 0 bridgehead atoms. The molecule has 3 N–H and O–H groups in total. The van der Waals surface area contributed by atoms with Crippen LogP contribution < -0.4 is 11.4 Å². The van der Waals surface area contributed by atoms with Crippen molar-refractivity contribution < 1.29 is 0 Å². The van der Waals surface area contributed by atoms with Crippen LogP contribution >= 0.6 is 11.3 Å². The fourth-order valence-electron chi connectivity index (χ4n) is 1.97. The van der Waals surface area contributed by atoms with E-state index in [1.165, 1.54) is 15.9 Å². The first-order valence-electron chi connectivity index (χ1n) is 6.02. The van der Waals surface area contributed by atoms with Gasteiger partial charge in [-0.3, -0.25) is 0 Å². The maximum atomic E-state index is 12.0. The Morgan fingerprint density at radius 1 is 1.42 bits per heavy atom. The van der Waals surface area contributed by atoms with Gasteiger partial charge in [0.25, 0.3) is 0 Å². The zero-order chi connectivity index (χ0) is 13.4. The molecule has 3 aromatic rings. The van der Waals surface area contributed by atoms with E-state index in [0.29, 0.717) is 16.3 Å². The molecule has 0 saturated carbocycles. The van der Waals surface area contributed by atoms with Crippen LogP contribution in [0.4, 0.5) is 5.69 Å². The molecule has 0 aliphatic rings. The molecule has 0 atom stereocenters. The van der Waals surface area contributed by atoms with Crippen molar-refractivity contribution in [2.75, 3.05) is 5.73 Å². The Bertz CT molecular complexity index is 785. The molecular formula is C12H13N5OS. The molecule has 2 heterocycles. The van der Waals surface area contributed by atoms with Gasteiger partial charge >= 0.3 is 5.69 Å². The van der Waals surface area contributed by atoms with Gasteiger partial charge in [0.2, 0.25) is 5.13 Å². The lowest BCUT2D eigenvalue weighted by atomic mass is 10.3. The van der Waals surface area contributed by atoms with E-state index in [1.54, 1.807) is 12.1 Å². The molecule has 0 radical (unpaired) electrons. The summed E-state index contributed by atoms with van der Waals surface area (Å²) in [4.78, 5) is 14.8. The van der Waals surface area contributed by atoms with Crippen molar-refractivity contribution in [3.63, 3.8) is 0 Å². The number of nitrogen functional groups attached to an aromatic ring is 1. The highest BCUT2D eigenvalue weighted by atomic mass is 32.1. The first-order valence-corrected chi connectivity index (χ1v) is 6.83. The monoisotopic (exact) mass is 275 g/mol. The Labute approximate surface area is 112 Å². The number of hydrogen-bond acceptors (Lipinski definition) is 5. The number of anilines is 1. The molecule has 98 valence electrons. The van der Waals surface area contributed by atoms with Gasteiger partial charge < -0.3 is 10.7 Å². The Morgan fingerprint density at radius 2 is 2.26 bits per heavy atom. The average Bonchev–Trinajstić information content (AvgIpc) is 2.92. The number of aromatic nitrogens is 4. The molecule has 0 unspecified atom stereocenters. The standard InChI is InChI=1S/C12H13N5OS/c1-2-3-10-15-16-12(19-10)17-9-5-4-7(13)6-8(9)14-11(17)18/h4-6H,2-3,13H2,1H3,(H,14,18). The van der Waals surface area contributed by atoms with Gasteiger partial charge in [0.15, 0.2) is 0 Å². The molecule has 2 aromatic heterocycles. The molecule has 3 rings (SSSR count). The molecular weight excluding hydrogens is 262 g/mol. The zero-order valence-electron chi connectivity index (χ0n) is 10.4. The zero-order valence-corrected chi connectivity index (χ0v) is 11.2. The number of rotatable bonds is 3. The second kappa shape index (κ2) is 4.51. The summed E-state index contributed by atoms with van der Waals surface area (Å²) in [5.41, 5.74) is 7.57. The fourth-order valence-corrected chi connectivity index (χ4v) is 2.92. The number of aromatic amines is 1. The van der Waals surface area contributed by atoms with Crippen LogP contribution in [-0.2, 0) is 6.42 Å². The molecule has 0 spiro atoms. The lowest BCUT2D eigenvalue weighted by molar-refractivity contribution is 0.866. The number of nitrogens with one attached hydrogen (secondary N) is 1. The van der Waals surface area contributed by atoms with Crippen molar-refractivity contribution in [1.29, 1.82) is 0 Å². The smallest absolute Gasteiger partial charge is 0.332 e. The van der Waals surface area contributed by atoms with Crippen molar-refractivity contribution in [3.05, 3.63) is 33.7 Å². The minimum absolute atomic E-state index is 0.222. The number of imidazole rings is 1. The van der Waals surface area contributed by atoms with Crippen LogP contribution in [-0.4, -0.2) is 19.7 Å². The van der Waals surface area contributed by atoms with E-state index in [4.69, 9.17) is 5.73 Å². The second-order valence-electron chi connectivity index (χ2n) is 4.27. The van der Waals surface area contributed by atoms with Gasteiger partial charge in [0.05, 0.1) is 11.0 Å². The number of hydrogen-bond donors (Lipinski definition) is 2. The number of nitrogens with two attached hydrogens (primary N) is 1. The average molecular weight is 275 g/mol. The minimum Gasteiger partial charge on any atom is -0.399 e. The molecule has 0 saturated heterocycles. The lowest BCUT2D eigenvalue weighted by Gasteiger charge is -1.97. The summed E-state index contributed by atoms with van der Waals surface area (Å²) < 4.78 is 1.53. The quantitative estimate of drug-likeness (QED) is 0.712. The van der Waals surface area contributed by atoms with Crippen molar-refractivity contribution in [2.24, 2.45) is 0 Å². The summed E-state index contributed by atoms with van der Waals surface area (Å²) in [6, 6.07) is 5.31. The van der Waals surface area contributed by atoms with Gasteiger partial charge in [-0.1, -0.05) is 18.3 Å². The van der Waals surface area contributed by atoms with Gasteiger partial charge in [-0.15, -0.1) is 10.2 Å². The molecule has 19 heavy (non-hydrogen) atoms. The lowest BCUT2D eigenvalue weighted by Crippen LogP contribution is -2.14. The van der Waals surface area contributed by atoms with Crippen LogP contribution in [0.2, 0.25) is 0 Å². The molecule has 0 amide bonds. The van der Waals surface area contributed by atoms with Crippen molar-refractivity contribution >= 4 is 28.1 Å².